The molecule has 6 rings (SSSR count). The number of anilines is 1. The van der Waals surface area contributed by atoms with Crippen LogP contribution in [0.5, 0.6) is 5.75 Å². The lowest BCUT2D eigenvalue weighted by atomic mass is 9.82. The van der Waals surface area contributed by atoms with E-state index in [0.717, 1.165) is 55.5 Å². The largest absolute Gasteiger partial charge is 0.493 e. The van der Waals surface area contributed by atoms with E-state index in [2.05, 4.69) is 33.0 Å². The van der Waals surface area contributed by atoms with Gasteiger partial charge in [0, 0.05) is 30.8 Å². The number of para-hydroxylation sites is 2. The van der Waals surface area contributed by atoms with E-state index in [-0.39, 0.29) is 41.8 Å². The highest BCUT2D eigenvalue weighted by molar-refractivity contribution is 5.94. The molecule has 9 nitrogen and oxygen atoms in total. The summed E-state index contributed by atoms with van der Waals surface area (Å²) in [7, 11) is 1.77. The fourth-order valence-electron chi connectivity index (χ4n) is 7.60. The fraction of sp³-hybridized carbons (Fsp3) is 0.559. The molecule has 0 aromatic heterocycles. The highest BCUT2D eigenvalue weighted by Gasteiger charge is 2.46. The molecule has 3 heterocycles. The van der Waals surface area contributed by atoms with E-state index in [1.165, 1.54) is 5.56 Å². The third-order valence-corrected chi connectivity index (χ3v) is 9.97. The molecule has 2 aromatic carbocycles. The standard InChI is InChI=1S/C34H45N5O4/c1-3-26(35-2)32(40)37-31(22-11-5-4-6-12-22)34(42)39-20-24-19-23-13-7-9-15-28(23)38(24)21-29(39)33(41)36-27-17-18-43-30-16-10-8-14-25(27)30/h7-10,13-16,22,24,26-27,29,31,35H,3-6,11-12,17-21H2,1-2H3,(H,36,41)(H,37,40)/t24?,26-,27?,29-,31-/m0/s1. The van der Waals surface area contributed by atoms with Crippen molar-refractivity contribution in [3.8, 4) is 5.75 Å². The Balaban J connectivity index is 1.30. The van der Waals surface area contributed by atoms with Crippen LogP contribution in [0.25, 0.3) is 0 Å². The zero-order valence-electron chi connectivity index (χ0n) is 25.4. The van der Waals surface area contributed by atoms with E-state index in [0.29, 0.717) is 32.5 Å². The molecule has 3 amide bonds. The number of hydrogen-bond acceptors (Lipinski definition) is 6. The number of carbonyl (C=O) groups is 3. The minimum absolute atomic E-state index is 0.0597. The van der Waals surface area contributed by atoms with Crippen molar-refractivity contribution < 1.29 is 19.1 Å². The van der Waals surface area contributed by atoms with Crippen LogP contribution in [0, 0.1) is 5.92 Å². The van der Waals surface area contributed by atoms with Gasteiger partial charge in [-0.2, -0.15) is 0 Å². The third kappa shape index (κ3) is 5.96. The monoisotopic (exact) mass is 587 g/mol. The van der Waals surface area contributed by atoms with Crippen LogP contribution < -0.4 is 25.6 Å². The summed E-state index contributed by atoms with van der Waals surface area (Å²) < 4.78 is 5.84. The molecule has 0 spiro atoms. The molecule has 1 saturated carbocycles. The van der Waals surface area contributed by atoms with Gasteiger partial charge in [-0.25, -0.2) is 0 Å². The molecule has 9 heteroatoms. The van der Waals surface area contributed by atoms with Gasteiger partial charge in [0.2, 0.25) is 17.7 Å². The maximum absolute atomic E-state index is 14.7. The Morgan fingerprint density at radius 2 is 1.74 bits per heavy atom. The summed E-state index contributed by atoms with van der Waals surface area (Å²) in [5.41, 5.74) is 3.35. The third-order valence-electron chi connectivity index (χ3n) is 9.97. The minimum Gasteiger partial charge on any atom is -0.493 e. The second-order valence-electron chi connectivity index (χ2n) is 12.5. The first kappa shape index (κ1) is 29.5. The van der Waals surface area contributed by atoms with Crippen molar-refractivity contribution in [3.05, 3.63) is 59.7 Å². The van der Waals surface area contributed by atoms with Crippen LogP contribution in [-0.4, -0.2) is 73.5 Å². The maximum atomic E-state index is 14.7. The summed E-state index contributed by atoms with van der Waals surface area (Å²) in [6, 6.07) is 14.4. The van der Waals surface area contributed by atoms with Crippen molar-refractivity contribution >= 4 is 23.4 Å². The fourth-order valence-corrected chi connectivity index (χ4v) is 7.60. The lowest BCUT2D eigenvalue weighted by Gasteiger charge is -2.46. The van der Waals surface area contributed by atoms with Crippen molar-refractivity contribution in [3.63, 3.8) is 0 Å². The van der Waals surface area contributed by atoms with Gasteiger partial charge in [0.25, 0.3) is 0 Å². The molecule has 5 atom stereocenters. The van der Waals surface area contributed by atoms with Crippen LogP contribution in [0.3, 0.4) is 0 Å². The van der Waals surface area contributed by atoms with Crippen LogP contribution in [-0.2, 0) is 20.8 Å². The number of benzene rings is 2. The number of nitrogens with one attached hydrogen (secondary N) is 3. The van der Waals surface area contributed by atoms with Gasteiger partial charge in [-0.3, -0.25) is 14.4 Å². The number of amides is 3. The molecule has 43 heavy (non-hydrogen) atoms. The average Bonchev–Trinajstić information content (AvgIpc) is 3.41. The molecule has 3 aliphatic heterocycles. The van der Waals surface area contributed by atoms with Crippen molar-refractivity contribution in [2.45, 2.75) is 88.5 Å². The average molecular weight is 588 g/mol. The van der Waals surface area contributed by atoms with Crippen molar-refractivity contribution in [2.24, 2.45) is 5.92 Å². The Morgan fingerprint density at radius 1 is 0.977 bits per heavy atom. The number of rotatable bonds is 8. The van der Waals surface area contributed by atoms with Gasteiger partial charge >= 0.3 is 0 Å². The first-order chi connectivity index (χ1) is 21.0. The van der Waals surface area contributed by atoms with Gasteiger partial charge in [0.05, 0.1) is 24.7 Å². The molecule has 2 fully saturated rings. The Hall–Kier alpha value is -3.59. The summed E-state index contributed by atoms with van der Waals surface area (Å²) >= 11 is 0. The molecule has 0 radical (unpaired) electrons. The summed E-state index contributed by atoms with van der Waals surface area (Å²) in [5, 5.41) is 9.54. The minimum atomic E-state index is -0.681. The molecule has 2 aromatic rings. The van der Waals surface area contributed by atoms with E-state index in [1.54, 1.807) is 11.9 Å². The smallest absolute Gasteiger partial charge is 0.246 e. The first-order valence-corrected chi connectivity index (χ1v) is 16.1. The van der Waals surface area contributed by atoms with E-state index in [4.69, 9.17) is 4.74 Å². The normalized spacial score (nSPS) is 24.6. The lowest BCUT2D eigenvalue weighted by Crippen LogP contribution is -2.67. The van der Waals surface area contributed by atoms with E-state index >= 15 is 0 Å². The number of hydrogen-bond donors (Lipinski definition) is 3. The molecule has 4 aliphatic rings. The predicted octanol–water partition coefficient (Wildman–Crippen LogP) is 3.33. The Kier molecular flexibility index (Phi) is 8.88. The molecule has 3 N–H and O–H groups in total. The Bertz CT molecular complexity index is 1320. The Labute approximate surface area is 254 Å². The van der Waals surface area contributed by atoms with Crippen LogP contribution in [0.1, 0.15) is 69.0 Å². The quantitative estimate of drug-likeness (QED) is 0.438. The number of piperazine rings is 1. The highest BCUT2D eigenvalue weighted by Crippen LogP contribution is 2.37. The van der Waals surface area contributed by atoms with Crippen molar-refractivity contribution in [1.82, 2.24) is 20.9 Å². The number of likely N-dealkylation sites (N-methyl/N-ethyl adjacent to an activating group) is 1. The molecule has 230 valence electrons. The summed E-state index contributed by atoms with van der Waals surface area (Å²) in [6.45, 7) is 3.35. The van der Waals surface area contributed by atoms with Crippen LogP contribution in [0.2, 0.25) is 0 Å². The molecule has 1 aliphatic carbocycles. The second-order valence-corrected chi connectivity index (χ2v) is 12.5. The molecular weight excluding hydrogens is 542 g/mol. The van der Waals surface area contributed by atoms with E-state index in [1.807, 2.05) is 43.3 Å². The summed E-state index contributed by atoms with van der Waals surface area (Å²) in [5.74, 6) is 0.409. The SMILES string of the molecule is CC[C@H](NC)C(=O)N[C@H](C(=O)N1CC2Cc3ccccc3N2C[C@H]1C(=O)NC1CCOc2ccccc21)C1CCCCC1. The number of nitrogens with zero attached hydrogens (tertiary/aromatic N) is 2. The predicted molar refractivity (Wildman–Crippen MR) is 166 cm³/mol. The first-order valence-electron chi connectivity index (χ1n) is 16.1. The van der Waals surface area contributed by atoms with Gasteiger partial charge in [-0.15, -0.1) is 0 Å². The summed E-state index contributed by atoms with van der Waals surface area (Å²) in [4.78, 5) is 46.4. The van der Waals surface area contributed by atoms with Crippen LogP contribution in [0.4, 0.5) is 5.69 Å². The van der Waals surface area contributed by atoms with Crippen molar-refractivity contribution in [1.29, 1.82) is 0 Å². The van der Waals surface area contributed by atoms with Gasteiger partial charge in [0.1, 0.15) is 17.8 Å². The highest BCUT2D eigenvalue weighted by atomic mass is 16.5. The zero-order valence-corrected chi connectivity index (χ0v) is 25.4. The lowest BCUT2D eigenvalue weighted by molar-refractivity contribution is -0.146. The van der Waals surface area contributed by atoms with Crippen LogP contribution >= 0.6 is 0 Å². The molecule has 2 unspecified atom stereocenters. The number of fused-ring (bicyclic) bond motifs is 4. The van der Waals surface area contributed by atoms with Crippen LogP contribution in [0.15, 0.2) is 48.5 Å². The van der Waals surface area contributed by atoms with Gasteiger partial charge in [-0.05, 0) is 56.3 Å². The van der Waals surface area contributed by atoms with Gasteiger partial charge < -0.3 is 30.5 Å². The van der Waals surface area contributed by atoms with Gasteiger partial charge in [-0.1, -0.05) is 62.6 Å². The van der Waals surface area contributed by atoms with E-state index < -0.39 is 12.1 Å². The molecular formula is C34H45N5O4. The van der Waals surface area contributed by atoms with Crippen molar-refractivity contribution in [2.75, 3.05) is 31.6 Å². The second kappa shape index (κ2) is 13.0. The summed E-state index contributed by atoms with van der Waals surface area (Å²) in [6.07, 6.45) is 7.18. The maximum Gasteiger partial charge on any atom is 0.246 e. The number of carbonyl (C=O) groups excluding carboxylic acids is 3. The van der Waals surface area contributed by atoms with E-state index in [9.17, 15) is 14.4 Å². The Morgan fingerprint density at radius 3 is 2.53 bits per heavy atom. The number of ether oxygens (including phenoxy) is 1. The van der Waals surface area contributed by atoms with Gasteiger partial charge in [0.15, 0.2) is 0 Å². The molecule has 0 bridgehead atoms. The topological polar surface area (TPSA) is 103 Å². The molecule has 1 saturated heterocycles. The zero-order chi connectivity index (χ0) is 29.9.